The maximum absolute atomic E-state index is 10.3. The number of β-amino-alcohol motifs (C(OH)–C–C–N with tert-alkyl or cyclic N) is 1. The summed E-state index contributed by atoms with van der Waals surface area (Å²) >= 11 is 3.42. The summed E-state index contributed by atoms with van der Waals surface area (Å²) in [6, 6.07) is 15.6. The lowest BCUT2D eigenvalue weighted by molar-refractivity contribution is 0.0583. The Morgan fingerprint density at radius 1 is 1.19 bits per heavy atom. The van der Waals surface area contributed by atoms with Gasteiger partial charge >= 0.3 is 0 Å². The number of ether oxygens (including phenoxy) is 1. The first-order chi connectivity index (χ1) is 13.2. The topological polar surface area (TPSA) is 58.7 Å². The Morgan fingerprint density at radius 3 is 2.78 bits per heavy atom. The van der Waals surface area contributed by atoms with Crippen molar-refractivity contribution in [1.82, 2.24) is 9.88 Å². The predicted octanol–water partition coefficient (Wildman–Crippen LogP) is 4.21. The van der Waals surface area contributed by atoms with Crippen LogP contribution in [0.25, 0.3) is 11.1 Å². The molecule has 4 rings (SSSR count). The third-order valence-corrected chi connectivity index (χ3v) is 5.45. The number of aromatic nitrogens is 1. The first-order valence-electron chi connectivity index (χ1n) is 9.31. The fourth-order valence-electron chi connectivity index (χ4n) is 3.53. The number of para-hydroxylation sites is 2. The number of aliphatic hydroxyl groups excluding tert-OH is 1. The number of hydrogen-bond donors (Lipinski definition) is 1. The number of halogens is 1. The van der Waals surface area contributed by atoms with Crippen LogP contribution in [0.2, 0.25) is 0 Å². The monoisotopic (exact) mass is 430 g/mol. The summed E-state index contributed by atoms with van der Waals surface area (Å²) in [5, 5.41) is 10.3. The summed E-state index contributed by atoms with van der Waals surface area (Å²) < 4.78 is 12.6. The third kappa shape index (κ3) is 4.69. The number of nitrogens with zero attached hydrogens (tertiary/aromatic N) is 2. The number of hydrogen-bond acceptors (Lipinski definition) is 5. The van der Waals surface area contributed by atoms with Gasteiger partial charge in [-0.15, -0.1) is 0 Å². The van der Waals surface area contributed by atoms with Crippen molar-refractivity contribution < 1.29 is 14.3 Å². The fraction of sp³-hybridized carbons (Fsp3) is 0.381. The van der Waals surface area contributed by atoms with Gasteiger partial charge in [0.15, 0.2) is 11.5 Å². The van der Waals surface area contributed by atoms with Crippen molar-refractivity contribution >= 4 is 27.0 Å². The molecule has 1 N–H and O–H groups in total. The SMILES string of the molecule is OC(COc1cccc(Br)c1)CN1CCC(c2nc3ccccc3o2)CC1. The van der Waals surface area contributed by atoms with Crippen molar-refractivity contribution in [2.24, 2.45) is 0 Å². The van der Waals surface area contributed by atoms with E-state index in [9.17, 15) is 5.11 Å². The predicted molar refractivity (Wildman–Crippen MR) is 108 cm³/mol. The zero-order chi connectivity index (χ0) is 18.6. The highest BCUT2D eigenvalue weighted by atomic mass is 79.9. The molecular formula is C21H23BrN2O3. The van der Waals surface area contributed by atoms with Gasteiger partial charge in [0.1, 0.15) is 24.0 Å². The Kier molecular flexibility index (Phi) is 5.76. The van der Waals surface area contributed by atoms with E-state index in [1.54, 1.807) is 0 Å². The summed E-state index contributed by atoms with van der Waals surface area (Å²) in [5.74, 6) is 1.95. The number of fused-ring (bicyclic) bond motifs is 1. The van der Waals surface area contributed by atoms with Crippen molar-refractivity contribution in [2.45, 2.75) is 24.9 Å². The minimum atomic E-state index is -0.509. The van der Waals surface area contributed by atoms with Gasteiger partial charge in [0.2, 0.25) is 0 Å². The number of rotatable bonds is 6. The lowest BCUT2D eigenvalue weighted by Gasteiger charge is -2.31. The Morgan fingerprint density at radius 2 is 2.00 bits per heavy atom. The van der Waals surface area contributed by atoms with Gasteiger partial charge in [-0.25, -0.2) is 4.98 Å². The third-order valence-electron chi connectivity index (χ3n) is 4.95. The second-order valence-electron chi connectivity index (χ2n) is 7.02. The van der Waals surface area contributed by atoms with Crippen LogP contribution in [0.4, 0.5) is 0 Å². The average Bonchev–Trinajstić information content (AvgIpc) is 3.11. The molecule has 1 aliphatic rings. The second-order valence-corrected chi connectivity index (χ2v) is 7.93. The Hall–Kier alpha value is -1.89. The molecule has 0 aliphatic carbocycles. The van der Waals surface area contributed by atoms with Gasteiger partial charge in [0, 0.05) is 16.9 Å². The first-order valence-corrected chi connectivity index (χ1v) is 10.1. The van der Waals surface area contributed by atoms with Gasteiger partial charge < -0.3 is 19.2 Å². The molecule has 1 aliphatic heterocycles. The van der Waals surface area contributed by atoms with Crippen molar-refractivity contribution in [2.75, 3.05) is 26.2 Å². The van der Waals surface area contributed by atoms with Crippen LogP contribution < -0.4 is 4.74 Å². The molecule has 0 spiro atoms. The molecule has 2 heterocycles. The Bertz CT molecular complexity index is 857. The van der Waals surface area contributed by atoms with Crippen molar-refractivity contribution in [3.8, 4) is 5.75 Å². The van der Waals surface area contributed by atoms with Gasteiger partial charge in [0.25, 0.3) is 0 Å². The number of benzene rings is 2. The molecule has 3 aromatic rings. The largest absolute Gasteiger partial charge is 0.491 e. The van der Waals surface area contributed by atoms with Crippen LogP contribution in [0, 0.1) is 0 Å². The zero-order valence-corrected chi connectivity index (χ0v) is 16.6. The Balaban J connectivity index is 1.25. The number of oxazole rings is 1. The lowest BCUT2D eigenvalue weighted by Crippen LogP contribution is -2.40. The van der Waals surface area contributed by atoms with E-state index in [4.69, 9.17) is 9.15 Å². The summed E-state index contributed by atoms with van der Waals surface area (Å²) in [4.78, 5) is 6.92. The van der Waals surface area contributed by atoms with E-state index in [1.807, 2.05) is 48.5 Å². The molecule has 0 amide bonds. The van der Waals surface area contributed by atoms with Gasteiger partial charge in [0.05, 0.1) is 0 Å². The van der Waals surface area contributed by atoms with Crippen LogP contribution in [-0.4, -0.2) is 47.3 Å². The molecule has 2 aromatic carbocycles. The maximum Gasteiger partial charge on any atom is 0.198 e. The molecule has 0 radical (unpaired) electrons. The molecular weight excluding hydrogens is 408 g/mol. The summed E-state index contributed by atoms with van der Waals surface area (Å²) in [5.41, 5.74) is 1.78. The normalized spacial score (nSPS) is 17.3. The quantitative estimate of drug-likeness (QED) is 0.634. The highest BCUT2D eigenvalue weighted by Gasteiger charge is 2.25. The second kappa shape index (κ2) is 8.42. The van der Waals surface area contributed by atoms with Crippen molar-refractivity contribution in [3.05, 3.63) is 58.9 Å². The number of likely N-dealkylation sites (tertiary alicyclic amines) is 1. The molecule has 142 valence electrons. The van der Waals surface area contributed by atoms with Crippen LogP contribution in [0.15, 0.2) is 57.4 Å². The van der Waals surface area contributed by atoms with E-state index in [-0.39, 0.29) is 0 Å². The van der Waals surface area contributed by atoms with Gasteiger partial charge in [-0.2, -0.15) is 0 Å². The molecule has 1 saturated heterocycles. The maximum atomic E-state index is 10.3. The highest BCUT2D eigenvalue weighted by Crippen LogP contribution is 2.30. The van der Waals surface area contributed by atoms with Crippen LogP contribution in [-0.2, 0) is 0 Å². The van der Waals surface area contributed by atoms with E-state index >= 15 is 0 Å². The fourth-order valence-corrected chi connectivity index (χ4v) is 3.91. The van der Waals surface area contributed by atoms with Gasteiger partial charge in [-0.1, -0.05) is 34.1 Å². The molecule has 0 saturated carbocycles. The van der Waals surface area contributed by atoms with Crippen LogP contribution in [0.1, 0.15) is 24.7 Å². The van der Waals surface area contributed by atoms with E-state index in [1.165, 1.54) is 0 Å². The lowest BCUT2D eigenvalue weighted by atomic mass is 9.96. The molecule has 5 nitrogen and oxygen atoms in total. The minimum absolute atomic E-state index is 0.293. The van der Waals surface area contributed by atoms with Crippen LogP contribution in [0.5, 0.6) is 5.75 Å². The van der Waals surface area contributed by atoms with Gasteiger partial charge in [-0.05, 0) is 56.3 Å². The van der Waals surface area contributed by atoms with Crippen molar-refractivity contribution in [3.63, 3.8) is 0 Å². The number of piperidine rings is 1. The molecule has 1 fully saturated rings. The molecule has 1 unspecified atom stereocenters. The average molecular weight is 431 g/mol. The van der Waals surface area contributed by atoms with E-state index in [2.05, 4.69) is 25.8 Å². The van der Waals surface area contributed by atoms with Gasteiger partial charge in [-0.3, -0.25) is 0 Å². The van der Waals surface area contributed by atoms with E-state index in [0.29, 0.717) is 19.1 Å². The standard InChI is InChI=1S/C21H23BrN2O3/c22-16-4-3-5-18(12-16)26-14-17(25)13-24-10-8-15(9-11-24)21-23-19-6-1-2-7-20(19)27-21/h1-7,12,15,17,25H,8-11,13-14H2. The summed E-state index contributed by atoms with van der Waals surface area (Å²) in [7, 11) is 0. The van der Waals surface area contributed by atoms with Crippen molar-refractivity contribution in [1.29, 1.82) is 0 Å². The molecule has 27 heavy (non-hydrogen) atoms. The number of aliphatic hydroxyl groups is 1. The molecule has 1 atom stereocenters. The summed E-state index contributed by atoms with van der Waals surface area (Å²) in [6.07, 6.45) is 1.47. The Labute approximate surface area is 167 Å². The van der Waals surface area contributed by atoms with Crippen LogP contribution >= 0.6 is 15.9 Å². The van der Waals surface area contributed by atoms with E-state index in [0.717, 1.165) is 53.1 Å². The minimum Gasteiger partial charge on any atom is -0.491 e. The van der Waals surface area contributed by atoms with Crippen LogP contribution in [0.3, 0.4) is 0 Å². The zero-order valence-electron chi connectivity index (χ0n) is 15.1. The summed E-state index contributed by atoms with van der Waals surface area (Å²) in [6.45, 7) is 2.77. The molecule has 6 heteroatoms. The molecule has 1 aromatic heterocycles. The highest BCUT2D eigenvalue weighted by molar-refractivity contribution is 9.10. The smallest absolute Gasteiger partial charge is 0.198 e. The first kappa shape index (κ1) is 18.5. The molecule has 0 bridgehead atoms. The van der Waals surface area contributed by atoms with E-state index < -0.39 is 6.10 Å².